The van der Waals surface area contributed by atoms with Crippen LogP contribution in [0, 0.1) is 5.92 Å². The molecule has 19 heavy (non-hydrogen) atoms. The van der Waals surface area contributed by atoms with Crippen LogP contribution in [0.15, 0.2) is 24.3 Å². The topological polar surface area (TPSA) is 37.3 Å². The Hall–Kier alpha value is -1.36. The number of hydrogen-bond donors (Lipinski definition) is 1. The first-order chi connectivity index (χ1) is 8.82. The lowest BCUT2D eigenvalue weighted by atomic mass is 9.89. The van der Waals surface area contributed by atoms with Crippen molar-refractivity contribution in [3.63, 3.8) is 0 Å². The van der Waals surface area contributed by atoms with E-state index in [0.29, 0.717) is 12.8 Å². The van der Waals surface area contributed by atoms with Crippen LogP contribution in [0.2, 0.25) is 0 Å². The molecule has 0 aliphatic carbocycles. The van der Waals surface area contributed by atoms with Gasteiger partial charge in [0.15, 0.2) is 5.78 Å². The molecular formula is C14H17F3O2. The second-order valence-electron chi connectivity index (χ2n) is 4.43. The molecule has 0 amide bonds. The van der Waals surface area contributed by atoms with Crippen LogP contribution < -0.4 is 0 Å². The summed E-state index contributed by atoms with van der Waals surface area (Å²) in [7, 11) is 0. The van der Waals surface area contributed by atoms with Gasteiger partial charge in [-0.15, -0.1) is 0 Å². The van der Waals surface area contributed by atoms with E-state index in [1.165, 1.54) is 12.1 Å². The van der Waals surface area contributed by atoms with Crippen molar-refractivity contribution in [1.82, 2.24) is 0 Å². The number of carbonyl (C=O) groups is 1. The van der Waals surface area contributed by atoms with Crippen molar-refractivity contribution in [2.75, 3.05) is 0 Å². The Morgan fingerprint density at radius 1 is 1.21 bits per heavy atom. The summed E-state index contributed by atoms with van der Waals surface area (Å²) in [6, 6.07) is 4.55. The highest BCUT2D eigenvalue weighted by Gasteiger charge is 2.37. The lowest BCUT2D eigenvalue weighted by Crippen LogP contribution is -2.30. The lowest BCUT2D eigenvalue weighted by molar-refractivity contribution is -0.138. The van der Waals surface area contributed by atoms with Crippen molar-refractivity contribution in [2.24, 2.45) is 5.92 Å². The van der Waals surface area contributed by atoms with Crippen molar-refractivity contribution >= 4 is 5.78 Å². The van der Waals surface area contributed by atoms with Crippen LogP contribution in [0.1, 0.15) is 42.6 Å². The minimum Gasteiger partial charge on any atom is -0.385 e. The molecule has 5 heteroatoms. The van der Waals surface area contributed by atoms with Crippen molar-refractivity contribution in [3.8, 4) is 0 Å². The fourth-order valence-electron chi connectivity index (χ4n) is 2.05. The van der Waals surface area contributed by atoms with Crippen LogP contribution in [-0.4, -0.2) is 17.0 Å². The van der Waals surface area contributed by atoms with Gasteiger partial charge in [0.25, 0.3) is 0 Å². The zero-order valence-corrected chi connectivity index (χ0v) is 10.9. The summed E-state index contributed by atoms with van der Waals surface area (Å²) in [5.74, 6) is -1.18. The third-order valence-corrected chi connectivity index (χ3v) is 3.26. The van der Waals surface area contributed by atoms with Gasteiger partial charge < -0.3 is 5.11 Å². The predicted molar refractivity (Wildman–Crippen MR) is 65.9 cm³/mol. The van der Waals surface area contributed by atoms with Gasteiger partial charge in [0.05, 0.1) is 5.56 Å². The van der Waals surface area contributed by atoms with Crippen LogP contribution in [0.3, 0.4) is 0 Å². The van der Waals surface area contributed by atoms with Crippen LogP contribution in [0.4, 0.5) is 13.2 Å². The zero-order chi connectivity index (χ0) is 14.6. The Labute approximate surface area is 110 Å². The number of carbonyl (C=O) groups excluding carboxylic acids is 1. The molecule has 0 saturated carbocycles. The normalized spacial score (nSPS) is 13.6. The maximum absolute atomic E-state index is 12.8. The van der Waals surface area contributed by atoms with E-state index in [9.17, 15) is 23.1 Å². The third-order valence-electron chi connectivity index (χ3n) is 3.26. The predicted octanol–water partition coefficient (Wildman–Crippen LogP) is 3.69. The highest BCUT2D eigenvalue weighted by molar-refractivity contribution is 6.00. The van der Waals surface area contributed by atoms with Gasteiger partial charge in [0, 0.05) is 5.56 Å². The van der Waals surface area contributed by atoms with Crippen molar-refractivity contribution in [2.45, 2.75) is 39.0 Å². The van der Waals surface area contributed by atoms with Gasteiger partial charge in [-0.25, -0.2) is 0 Å². The van der Waals surface area contributed by atoms with E-state index >= 15 is 0 Å². The molecule has 1 unspecified atom stereocenters. The number of aliphatic hydroxyl groups excluding tert-OH is 1. The third kappa shape index (κ3) is 3.56. The Bertz CT molecular complexity index is 437. The molecule has 0 spiro atoms. The van der Waals surface area contributed by atoms with Crippen molar-refractivity contribution in [1.29, 1.82) is 0 Å². The van der Waals surface area contributed by atoms with Gasteiger partial charge in [0.2, 0.25) is 0 Å². The van der Waals surface area contributed by atoms with E-state index < -0.39 is 29.2 Å². The number of ketones is 1. The lowest BCUT2D eigenvalue weighted by Gasteiger charge is -2.20. The monoisotopic (exact) mass is 274 g/mol. The molecular weight excluding hydrogens is 257 g/mol. The maximum atomic E-state index is 12.8. The van der Waals surface area contributed by atoms with E-state index in [4.69, 9.17) is 0 Å². The van der Waals surface area contributed by atoms with Crippen LogP contribution >= 0.6 is 0 Å². The molecule has 2 nitrogen and oxygen atoms in total. The van der Waals surface area contributed by atoms with E-state index in [1.807, 2.05) is 0 Å². The number of aliphatic hydroxyl groups is 1. The number of rotatable bonds is 5. The summed E-state index contributed by atoms with van der Waals surface area (Å²) in [5.41, 5.74) is -1.46. The summed E-state index contributed by atoms with van der Waals surface area (Å²) in [6.07, 6.45) is -4.91. The van der Waals surface area contributed by atoms with Gasteiger partial charge in [-0.05, 0) is 12.0 Å². The van der Waals surface area contributed by atoms with Gasteiger partial charge >= 0.3 is 6.18 Å². The molecule has 1 atom stereocenters. The number of halogens is 3. The number of alkyl halides is 3. The average molecular weight is 274 g/mol. The highest BCUT2D eigenvalue weighted by atomic mass is 19.4. The molecule has 1 rings (SSSR count). The second-order valence-corrected chi connectivity index (χ2v) is 4.43. The standard InChI is InChI=1S/C14H17F3O2/c1-3-9(4-2)12(18)13(19)10-7-5-6-8-11(10)14(15,16)17/h5-9,12,18H,3-4H2,1-2H3. The molecule has 1 aromatic rings. The number of hydrogen-bond acceptors (Lipinski definition) is 2. The van der Waals surface area contributed by atoms with Gasteiger partial charge in [-0.2, -0.15) is 13.2 Å². The summed E-state index contributed by atoms with van der Waals surface area (Å²) in [5, 5.41) is 9.90. The molecule has 0 radical (unpaired) electrons. The van der Waals surface area contributed by atoms with Crippen molar-refractivity contribution in [3.05, 3.63) is 35.4 Å². The van der Waals surface area contributed by atoms with E-state index in [1.54, 1.807) is 13.8 Å². The second kappa shape index (κ2) is 6.19. The minimum atomic E-state index is -4.60. The first kappa shape index (κ1) is 15.7. The molecule has 0 aliphatic rings. The molecule has 0 saturated heterocycles. The first-order valence-electron chi connectivity index (χ1n) is 6.21. The molecule has 0 heterocycles. The van der Waals surface area contributed by atoms with Crippen molar-refractivity contribution < 1.29 is 23.1 Å². The maximum Gasteiger partial charge on any atom is 0.417 e. The SMILES string of the molecule is CCC(CC)C(O)C(=O)c1ccccc1C(F)(F)F. The molecule has 0 aromatic heterocycles. The average Bonchev–Trinajstić information content (AvgIpc) is 2.38. The summed E-state index contributed by atoms with van der Waals surface area (Å²) < 4.78 is 38.4. The molecule has 0 fully saturated rings. The summed E-state index contributed by atoms with van der Waals surface area (Å²) >= 11 is 0. The summed E-state index contributed by atoms with van der Waals surface area (Å²) in [6.45, 7) is 3.58. The summed E-state index contributed by atoms with van der Waals surface area (Å²) in [4.78, 5) is 12.0. The largest absolute Gasteiger partial charge is 0.417 e. The molecule has 0 bridgehead atoms. The van der Waals surface area contributed by atoms with E-state index in [2.05, 4.69) is 0 Å². The quantitative estimate of drug-likeness (QED) is 0.831. The smallest absolute Gasteiger partial charge is 0.385 e. The number of Topliss-reactive ketones (excluding diaryl/α,β-unsaturated/α-hetero) is 1. The molecule has 1 N–H and O–H groups in total. The van der Waals surface area contributed by atoms with Crippen LogP contribution in [0.5, 0.6) is 0 Å². The first-order valence-corrected chi connectivity index (χ1v) is 6.21. The van der Waals surface area contributed by atoms with Crippen LogP contribution in [-0.2, 0) is 6.18 Å². The fraction of sp³-hybridized carbons (Fsp3) is 0.500. The molecule has 1 aromatic carbocycles. The van der Waals surface area contributed by atoms with E-state index in [-0.39, 0.29) is 5.92 Å². The fourth-order valence-corrected chi connectivity index (χ4v) is 2.05. The Morgan fingerprint density at radius 3 is 2.21 bits per heavy atom. The minimum absolute atomic E-state index is 0.325. The Balaban J connectivity index is 3.13. The van der Waals surface area contributed by atoms with Crippen LogP contribution in [0.25, 0.3) is 0 Å². The van der Waals surface area contributed by atoms with Gasteiger partial charge in [-0.1, -0.05) is 44.9 Å². The zero-order valence-electron chi connectivity index (χ0n) is 10.9. The van der Waals surface area contributed by atoms with Gasteiger partial charge in [0.1, 0.15) is 6.10 Å². The number of benzene rings is 1. The van der Waals surface area contributed by atoms with Gasteiger partial charge in [-0.3, -0.25) is 4.79 Å². The molecule has 106 valence electrons. The molecule has 0 aliphatic heterocycles. The Morgan fingerprint density at radius 2 is 1.74 bits per heavy atom. The Kier molecular flexibility index (Phi) is 5.11. The van der Waals surface area contributed by atoms with E-state index in [0.717, 1.165) is 12.1 Å². The highest BCUT2D eigenvalue weighted by Crippen LogP contribution is 2.33.